The van der Waals surface area contributed by atoms with Gasteiger partial charge in [-0.1, -0.05) is 37.6 Å². The number of carbonyl (C=O) groups excluding carboxylic acids is 2. The van der Waals surface area contributed by atoms with Gasteiger partial charge in [-0.3, -0.25) is 9.78 Å². The van der Waals surface area contributed by atoms with E-state index in [1.807, 2.05) is 0 Å². The van der Waals surface area contributed by atoms with E-state index in [0.29, 0.717) is 6.07 Å². The van der Waals surface area contributed by atoms with Gasteiger partial charge in [-0.15, -0.1) is 0 Å². The second kappa shape index (κ2) is 9.50. The highest BCUT2D eigenvalue weighted by Crippen LogP contribution is 2.32. The Morgan fingerprint density at radius 3 is 2.52 bits per heavy atom. The molecule has 0 bridgehead atoms. The lowest BCUT2D eigenvalue weighted by Crippen LogP contribution is -2.61. The molecule has 2 atom stereocenters. The molecule has 3 amide bonds. The molecule has 0 spiro atoms. The van der Waals surface area contributed by atoms with Crippen molar-refractivity contribution in [2.24, 2.45) is 5.92 Å². The summed E-state index contributed by atoms with van der Waals surface area (Å²) in [6.45, 7) is 3.84. The number of rotatable bonds is 4. The molecule has 2 heterocycles. The van der Waals surface area contributed by atoms with Gasteiger partial charge in [-0.2, -0.15) is 13.2 Å². The molecular weight excluding hydrogens is 471 g/mol. The van der Waals surface area contributed by atoms with Crippen LogP contribution in [-0.4, -0.2) is 41.0 Å². The summed E-state index contributed by atoms with van der Waals surface area (Å²) in [7, 11) is 0. The van der Waals surface area contributed by atoms with E-state index in [-0.39, 0.29) is 36.0 Å². The number of benzene rings is 1. The third kappa shape index (κ3) is 5.18. The van der Waals surface area contributed by atoms with Crippen molar-refractivity contribution in [2.75, 3.05) is 13.1 Å². The molecule has 178 valence electrons. The Morgan fingerprint density at radius 1 is 1.24 bits per heavy atom. The van der Waals surface area contributed by atoms with E-state index in [1.54, 1.807) is 13.8 Å². The summed E-state index contributed by atoms with van der Waals surface area (Å²) >= 11 is 5.68. The van der Waals surface area contributed by atoms with Crippen LogP contribution in [0.2, 0.25) is 5.02 Å². The lowest BCUT2D eigenvalue weighted by molar-refractivity contribution is -0.141. The Hall–Kier alpha value is -2.95. The molecule has 1 fully saturated rings. The maximum atomic E-state index is 14.8. The molecule has 2 N–H and O–H groups in total. The fourth-order valence-corrected chi connectivity index (χ4v) is 3.80. The first-order valence-electron chi connectivity index (χ1n) is 9.93. The van der Waals surface area contributed by atoms with Crippen molar-refractivity contribution in [3.63, 3.8) is 0 Å². The number of carbonyl (C=O) groups is 2. The Balaban J connectivity index is 2.01. The van der Waals surface area contributed by atoms with E-state index in [9.17, 15) is 31.5 Å². The molecule has 0 radical (unpaired) electrons. The van der Waals surface area contributed by atoms with Gasteiger partial charge in [-0.05, 0) is 23.6 Å². The van der Waals surface area contributed by atoms with Gasteiger partial charge in [0.25, 0.3) is 0 Å². The smallest absolute Gasteiger partial charge is 0.353 e. The van der Waals surface area contributed by atoms with Gasteiger partial charge in [-0.25, -0.2) is 13.6 Å². The number of pyridine rings is 1. The fraction of sp³-hybridized carbons (Fsp3) is 0.381. The maximum absolute atomic E-state index is 14.8. The van der Waals surface area contributed by atoms with Crippen molar-refractivity contribution in [3.8, 4) is 0 Å². The highest BCUT2D eigenvalue weighted by Gasteiger charge is 2.37. The molecule has 2 aromatic rings. The molecule has 0 unspecified atom stereocenters. The van der Waals surface area contributed by atoms with E-state index in [1.165, 1.54) is 4.90 Å². The van der Waals surface area contributed by atoms with Crippen molar-refractivity contribution in [1.82, 2.24) is 20.5 Å². The van der Waals surface area contributed by atoms with E-state index >= 15 is 0 Å². The minimum absolute atomic E-state index is 0.000447. The van der Waals surface area contributed by atoms with Crippen molar-refractivity contribution in [1.29, 1.82) is 0 Å². The number of halogens is 6. The van der Waals surface area contributed by atoms with Crippen LogP contribution in [-0.2, 0) is 11.0 Å². The Morgan fingerprint density at radius 2 is 1.94 bits per heavy atom. The molecular formula is C21H20ClF5N4O2. The van der Waals surface area contributed by atoms with Crippen molar-refractivity contribution >= 4 is 23.5 Å². The minimum atomic E-state index is -4.70. The number of hydrogen-bond donors (Lipinski definition) is 2. The first-order valence-corrected chi connectivity index (χ1v) is 10.3. The van der Waals surface area contributed by atoms with Crippen molar-refractivity contribution < 1.29 is 31.5 Å². The van der Waals surface area contributed by atoms with E-state index < -0.39 is 46.6 Å². The van der Waals surface area contributed by atoms with Crippen LogP contribution in [0, 0.1) is 17.6 Å². The quantitative estimate of drug-likeness (QED) is 0.496. The van der Waals surface area contributed by atoms with Gasteiger partial charge in [0, 0.05) is 24.8 Å². The Bertz CT molecular complexity index is 1050. The number of aromatic nitrogens is 1. The Kier molecular flexibility index (Phi) is 7.11. The van der Waals surface area contributed by atoms with E-state index in [2.05, 4.69) is 15.6 Å². The summed E-state index contributed by atoms with van der Waals surface area (Å²) in [6.07, 6.45) is -3.86. The molecule has 1 aliphatic rings. The van der Waals surface area contributed by atoms with Gasteiger partial charge in [0.15, 0.2) is 0 Å². The zero-order valence-corrected chi connectivity index (χ0v) is 18.3. The van der Waals surface area contributed by atoms with Crippen LogP contribution in [0.15, 0.2) is 30.5 Å². The third-order valence-corrected chi connectivity index (χ3v) is 5.55. The average Bonchev–Trinajstić information content (AvgIpc) is 2.75. The predicted molar refractivity (Wildman–Crippen MR) is 109 cm³/mol. The number of nitrogens with one attached hydrogen (secondary N) is 2. The molecule has 33 heavy (non-hydrogen) atoms. The summed E-state index contributed by atoms with van der Waals surface area (Å²) in [5, 5.41) is 4.37. The standard InChI is InChI=1S/C21H20ClF5N4O2/c1-10(2)18-19(32)28-7-8-31(18)20(33)30-17(12-4-5-13(23)15(22)16(12)24)11-3-6-14(29-9-11)21(25,26)27/h3-6,9-10,17-18H,7-8H2,1-2H3,(H,28,32)(H,30,33)/t17-,18-/m1/s1. The van der Waals surface area contributed by atoms with Gasteiger partial charge < -0.3 is 15.5 Å². The molecule has 0 aliphatic carbocycles. The molecule has 1 aromatic heterocycles. The lowest BCUT2D eigenvalue weighted by Gasteiger charge is -2.38. The third-order valence-electron chi connectivity index (χ3n) is 5.20. The fourth-order valence-electron chi connectivity index (χ4n) is 3.63. The summed E-state index contributed by atoms with van der Waals surface area (Å²) in [5.74, 6) is -2.84. The topological polar surface area (TPSA) is 74.3 Å². The Labute approximate surface area is 191 Å². The zero-order valence-electron chi connectivity index (χ0n) is 17.5. The number of hydrogen-bond acceptors (Lipinski definition) is 3. The monoisotopic (exact) mass is 490 g/mol. The van der Waals surface area contributed by atoms with Crippen molar-refractivity contribution in [2.45, 2.75) is 32.1 Å². The minimum Gasteiger partial charge on any atom is -0.353 e. The molecule has 3 rings (SSSR count). The molecule has 0 saturated carbocycles. The summed E-state index contributed by atoms with van der Waals surface area (Å²) in [5.41, 5.74) is -1.46. The van der Waals surface area contributed by atoms with Crippen LogP contribution in [0.4, 0.5) is 26.7 Å². The zero-order chi connectivity index (χ0) is 24.5. The second-order valence-electron chi connectivity index (χ2n) is 7.79. The SMILES string of the molecule is CC(C)[C@@H]1C(=O)NCCN1C(=O)N[C@H](c1ccc(C(F)(F)F)nc1)c1ccc(F)c(Cl)c1F. The highest BCUT2D eigenvalue weighted by atomic mass is 35.5. The first kappa shape index (κ1) is 24.7. The second-order valence-corrected chi connectivity index (χ2v) is 8.17. The first-order chi connectivity index (χ1) is 15.4. The summed E-state index contributed by atoms with van der Waals surface area (Å²) < 4.78 is 67.3. The normalized spacial score (nSPS) is 17.7. The maximum Gasteiger partial charge on any atom is 0.433 e. The molecule has 12 heteroatoms. The van der Waals surface area contributed by atoms with Crippen LogP contribution in [0.25, 0.3) is 0 Å². The van der Waals surface area contributed by atoms with Gasteiger partial charge in [0.05, 0.1) is 6.04 Å². The summed E-state index contributed by atoms with van der Waals surface area (Å²) in [4.78, 5) is 30.0. The van der Waals surface area contributed by atoms with Crippen LogP contribution in [0.5, 0.6) is 0 Å². The van der Waals surface area contributed by atoms with Gasteiger partial charge in [0.2, 0.25) is 5.91 Å². The van der Waals surface area contributed by atoms with Gasteiger partial charge >= 0.3 is 12.2 Å². The van der Waals surface area contributed by atoms with Gasteiger partial charge in [0.1, 0.15) is 28.4 Å². The number of piperazine rings is 1. The average molecular weight is 491 g/mol. The molecule has 6 nitrogen and oxygen atoms in total. The van der Waals surface area contributed by atoms with E-state index in [4.69, 9.17) is 11.6 Å². The molecule has 1 aliphatic heterocycles. The number of urea groups is 1. The number of alkyl halides is 3. The van der Waals surface area contributed by atoms with E-state index in [0.717, 1.165) is 24.4 Å². The molecule has 1 aromatic carbocycles. The van der Waals surface area contributed by atoms with Crippen LogP contribution in [0.3, 0.4) is 0 Å². The number of amides is 3. The van der Waals surface area contributed by atoms with Crippen LogP contribution >= 0.6 is 11.6 Å². The predicted octanol–water partition coefficient (Wildman–Crippen LogP) is 4.29. The molecule has 1 saturated heterocycles. The van der Waals surface area contributed by atoms with Crippen LogP contribution in [0.1, 0.15) is 36.7 Å². The largest absolute Gasteiger partial charge is 0.433 e. The lowest BCUT2D eigenvalue weighted by atomic mass is 9.98. The highest BCUT2D eigenvalue weighted by molar-refractivity contribution is 6.31. The number of nitrogens with zero attached hydrogens (tertiary/aromatic N) is 2. The van der Waals surface area contributed by atoms with Crippen molar-refractivity contribution in [3.05, 3.63) is 63.9 Å². The van der Waals surface area contributed by atoms with Crippen LogP contribution < -0.4 is 10.6 Å². The summed E-state index contributed by atoms with van der Waals surface area (Å²) in [6, 6.07) is 0.691.